The first kappa shape index (κ1) is 15.3. The van der Waals surface area contributed by atoms with Gasteiger partial charge in [-0.1, -0.05) is 31.5 Å². The van der Waals surface area contributed by atoms with E-state index in [2.05, 4.69) is 20.6 Å². The third-order valence-electron chi connectivity index (χ3n) is 2.67. The number of amides is 1. The van der Waals surface area contributed by atoms with Gasteiger partial charge in [0.1, 0.15) is 0 Å². The highest BCUT2D eigenvalue weighted by Crippen LogP contribution is 2.17. The zero-order valence-electron chi connectivity index (χ0n) is 11.9. The molecule has 1 amide bonds. The molecule has 0 bridgehead atoms. The second kappa shape index (κ2) is 7.04. The molecule has 2 rings (SSSR count). The summed E-state index contributed by atoms with van der Waals surface area (Å²) in [6.07, 6.45) is 2.99. The summed E-state index contributed by atoms with van der Waals surface area (Å²) in [6.45, 7) is 4.70. The van der Waals surface area contributed by atoms with Crippen LogP contribution in [0.3, 0.4) is 0 Å². The van der Waals surface area contributed by atoms with E-state index in [1.165, 1.54) is 12.4 Å². The highest BCUT2D eigenvalue weighted by Gasteiger charge is 2.07. The van der Waals surface area contributed by atoms with E-state index in [1.807, 2.05) is 26.0 Å². The number of carbonyl (C=O) groups is 1. The Morgan fingerprint density at radius 2 is 2.00 bits per heavy atom. The third-order valence-corrected chi connectivity index (χ3v) is 2.90. The van der Waals surface area contributed by atoms with Gasteiger partial charge in [0.05, 0.1) is 5.56 Å². The van der Waals surface area contributed by atoms with Crippen LogP contribution in [0.4, 0.5) is 11.6 Å². The highest BCUT2D eigenvalue weighted by atomic mass is 35.5. The lowest BCUT2D eigenvalue weighted by Crippen LogP contribution is -2.27. The molecule has 21 heavy (non-hydrogen) atoms. The van der Waals surface area contributed by atoms with Gasteiger partial charge in [-0.25, -0.2) is 9.97 Å². The summed E-state index contributed by atoms with van der Waals surface area (Å²) < 4.78 is 0. The zero-order chi connectivity index (χ0) is 15.2. The van der Waals surface area contributed by atoms with Crippen LogP contribution in [0.15, 0.2) is 36.7 Å². The maximum Gasteiger partial charge on any atom is 0.254 e. The molecule has 0 fully saturated rings. The Bertz CT molecular complexity index is 613. The molecule has 1 heterocycles. The van der Waals surface area contributed by atoms with Crippen molar-refractivity contribution < 1.29 is 4.79 Å². The number of carbonyl (C=O) groups excluding carboxylic acids is 1. The molecule has 0 aliphatic carbocycles. The third kappa shape index (κ3) is 4.72. The van der Waals surface area contributed by atoms with E-state index in [1.54, 1.807) is 12.1 Å². The van der Waals surface area contributed by atoms with Crippen LogP contribution in [0, 0.1) is 5.92 Å². The topological polar surface area (TPSA) is 66.9 Å². The first-order chi connectivity index (χ1) is 10.0. The van der Waals surface area contributed by atoms with Gasteiger partial charge in [-0.2, -0.15) is 0 Å². The molecule has 0 radical (unpaired) electrons. The van der Waals surface area contributed by atoms with Gasteiger partial charge in [-0.3, -0.25) is 4.79 Å². The molecule has 110 valence electrons. The van der Waals surface area contributed by atoms with Crippen molar-refractivity contribution in [3.8, 4) is 0 Å². The quantitative estimate of drug-likeness (QED) is 0.890. The van der Waals surface area contributed by atoms with Crippen LogP contribution < -0.4 is 10.6 Å². The predicted octanol–water partition coefficient (Wildman–Crippen LogP) is 3.26. The fourth-order valence-corrected chi connectivity index (χ4v) is 1.79. The van der Waals surface area contributed by atoms with Gasteiger partial charge in [0, 0.05) is 29.6 Å². The van der Waals surface area contributed by atoms with Crippen LogP contribution in [-0.4, -0.2) is 22.4 Å². The van der Waals surface area contributed by atoms with Gasteiger partial charge in [-0.15, -0.1) is 0 Å². The molecule has 2 N–H and O–H groups in total. The van der Waals surface area contributed by atoms with Gasteiger partial charge in [0.2, 0.25) is 5.95 Å². The smallest absolute Gasteiger partial charge is 0.254 e. The van der Waals surface area contributed by atoms with Crippen molar-refractivity contribution in [2.45, 2.75) is 13.8 Å². The average molecular weight is 305 g/mol. The van der Waals surface area contributed by atoms with Crippen LogP contribution in [0.1, 0.15) is 24.2 Å². The Morgan fingerprint density at radius 3 is 2.62 bits per heavy atom. The van der Waals surface area contributed by atoms with Crippen molar-refractivity contribution in [2.75, 3.05) is 11.9 Å². The van der Waals surface area contributed by atoms with Crippen molar-refractivity contribution >= 4 is 29.1 Å². The minimum absolute atomic E-state index is 0.169. The highest BCUT2D eigenvalue weighted by molar-refractivity contribution is 6.30. The lowest BCUT2D eigenvalue weighted by atomic mass is 10.2. The number of halogens is 1. The largest absolute Gasteiger partial charge is 0.352 e. The monoisotopic (exact) mass is 304 g/mol. The maximum absolute atomic E-state index is 11.8. The van der Waals surface area contributed by atoms with Crippen molar-refractivity contribution in [1.29, 1.82) is 0 Å². The Kier molecular flexibility index (Phi) is 5.11. The van der Waals surface area contributed by atoms with Crippen molar-refractivity contribution in [3.05, 3.63) is 47.2 Å². The van der Waals surface area contributed by atoms with Crippen LogP contribution in [-0.2, 0) is 0 Å². The van der Waals surface area contributed by atoms with Crippen molar-refractivity contribution in [3.63, 3.8) is 0 Å². The van der Waals surface area contributed by atoms with E-state index >= 15 is 0 Å². The number of anilines is 2. The Balaban J connectivity index is 2.00. The summed E-state index contributed by atoms with van der Waals surface area (Å²) in [7, 11) is 0. The Hall–Kier alpha value is -2.14. The molecule has 0 saturated heterocycles. The normalized spacial score (nSPS) is 10.5. The predicted molar refractivity (Wildman–Crippen MR) is 83.9 cm³/mol. The summed E-state index contributed by atoms with van der Waals surface area (Å²) in [5.74, 6) is 0.648. The summed E-state index contributed by atoms with van der Waals surface area (Å²) in [5.41, 5.74) is 1.23. The molecule has 0 aliphatic rings. The van der Waals surface area contributed by atoms with Crippen LogP contribution >= 0.6 is 11.6 Å². The second-order valence-corrected chi connectivity index (χ2v) is 5.47. The van der Waals surface area contributed by atoms with E-state index in [0.29, 0.717) is 29.0 Å². The second-order valence-electron chi connectivity index (χ2n) is 5.03. The van der Waals surface area contributed by atoms with Gasteiger partial charge in [0.25, 0.3) is 5.91 Å². The van der Waals surface area contributed by atoms with E-state index < -0.39 is 0 Å². The lowest BCUT2D eigenvalue weighted by Gasteiger charge is -2.08. The molecule has 0 saturated carbocycles. The number of benzene rings is 1. The molecule has 0 atom stereocenters. The minimum Gasteiger partial charge on any atom is -0.352 e. The summed E-state index contributed by atoms with van der Waals surface area (Å²) in [4.78, 5) is 20.1. The number of hydrogen-bond acceptors (Lipinski definition) is 4. The summed E-state index contributed by atoms with van der Waals surface area (Å²) in [5, 5.41) is 6.47. The number of aromatic nitrogens is 2. The first-order valence-corrected chi connectivity index (χ1v) is 7.05. The van der Waals surface area contributed by atoms with Crippen LogP contribution in [0.25, 0.3) is 0 Å². The van der Waals surface area contributed by atoms with E-state index in [9.17, 15) is 4.79 Å². The van der Waals surface area contributed by atoms with E-state index in [-0.39, 0.29) is 5.91 Å². The van der Waals surface area contributed by atoms with Gasteiger partial charge in [-0.05, 0) is 24.1 Å². The summed E-state index contributed by atoms with van der Waals surface area (Å²) >= 11 is 5.90. The fraction of sp³-hybridized carbons (Fsp3) is 0.267. The molecule has 2 aromatic rings. The SMILES string of the molecule is CC(C)CNC(=O)c1cnc(Nc2cccc(Cl)c2)nc1. The standard InChI is InChI=1S/C15H17ClN4O/c1-10(2)7-17-14(21)11-8-18-15(19-9-11)20-13-5-3-4-12(16)6-13/h3-6,8-10H,7H2,1-2H3,(H,17,21)(H,18,19,20). The van der Waals surface area contributed by atoms with E-state index in [4.69, 9.17) is 11.6 Å². The first-order valence-electron chi connectivity index (χ1n) is 6.67. The van der Waals surface area contributed by atoms with Crippen LogP contribution in [0.5, 0.6) is 0 Å². The molecule has 5 nitrogen and oxygen atoms in total. The van der Waals surface area contributed by atoms with Crippen molar-refractivity contribution in [2.24, 2.45) is 5.92 Å². The number of rotatable bonds is 5. The molecular formula is C15H17ClN4O. The number of nitrogens with zero attached hydrogens (tertiary/aromatic N) is 2. The fourth-order valence-electron chi connectivity index (χ4n) is 1.60. The Morgan fingerprint density at radius 1 is 1.29 bits per heavy atom. The maximum atomic E-state index is 11.8. The van der Waals surface area contributed by atoms with Crippen LogP contribution in [0.2, 0.25) is 5.02 Å². The van der Waals surface area contributed by atoms with Crippen molar-refractivity contribution in [1.82, 2.24) is 15.3 Å². The molecule has 1 aromatic carbocycles. The van der Waals surface area contributed by atoms with E-state index in [0.717, 1.165) is 5.69 Å². The van der Waals surface area contributed by atoms with Gasteiger partial charge >= 0.3 is 0 Å². The zero-order valence-corrected chi connectivity index (χ0v) is 12.7. The number of nitrogens with one attached hydrogen (secondary N) is 2. The molecule has 0 aliphatic heterocycles. The molecule has 0 unspecified atom stereocenters. The number of hydrogen-bond donors (Lipinski definition) is 2. The minimum atomic E-state index is -0.169. The van der Waals surface area contributed by atoms with Gasteiger partial charge in [0.15, 0.2) is 0 Å². The Labute approximate surface area is 128 Å². The molecule has 1 aromatic heterocycles. The lowest BCUT2D eigenvalue weighted by molar-refractivity contribution is 0.0948. The van der Waals surface area contributed by atoms with Gasteiger partial charge < -0.3 is 10.6 Å². The summed E-state index contributed by atoms with van der Waals surface area (Å²) in [6, 6.07) is 7.25. The molecule has 6 heteroatoms. The average Bonchev–Trinajstić information content (AvgIpc) is 2.45. The molecular weight excluding hydrogens is 288 g/mol. The molecule has 0 spiro atoms.